The SMILES string of the molecule is ClCC1CCPCC1. The van der Waals surface area contributed by atoms with Crippen molar-refractivity contribution in [1.82, 2.24) is 0 Å². The maximum atomic E-state index is 5.68. The van der Waals surface area contributed by atoms with Crippen LogP contribution in [-0.2, 0) is 0 Å². The van der Waals surface area contributed by atoms with E-state index in [1.54, 1.807) is 0 Å². The minimum atomic E-state index is 0.859. The van der Waals surface area contributed by atoms with Gasteiger partial charge in [-0.15, -0.1) is 20.2 Å². The zero-order valence-corrected chi connectivity index (χ0v) is 6.75. The Hall–Kier alpha value is 0.720. The van der Waals surface area contributed by atoms with E-state index in [0.717, 1.165) is 11.8 Å². The average molecular weight is 151 g/mol. The van der Waals surface area contributed by atoms with Crippen LogP contribution in [0.1, 0.15) is 12.8 Å². The van der Waals surface area contributed by atoms with Gasteiger partial charge in [0.25, 0.3) is 0 Å². The van der Waals surface area contributed by atoms with Gasteiger partial charge in [0.05, 0.1) is 0 Å². The van der Waals surface area contributed by atoms with Crippen LogP contribution in [-0.4, -0.2) is 18.2 Å². The third-order valence-corrected chi connectivity index (χ3v) is 3.40. The van der Waals surface area contributed by atoms with Crippen molar-refractivity contribution in [2.24, 2.45) is 5.92 Å². The minimum Gasteiger partial charge on any atom is -0.126 e. The Bertz CT molecular complexity index is 59.5. The van der Waals surface area contributed by atoms with Gasteiger partial charge in [0.2, 0.25) is 0 Å². The average Bonchev–Trinajstić information content (AvgIpc) is 1.90. The van der Waals surface area contributed by atoms with Crippen molar-refractivity contribution >= 4 is 20.2 Å². The molecule has 2 heteroatoms. The molecule has 0 spiro atoms. The van der Waals surface area contributed by atoms with Crippen LogP contribution in [0.4, 0.5) is 0 Å². The van der Waals surface area contributed by atoms with Crippen molar-refractivity contribution < 1.29 is 0 Å². The number of hydrogen-bond donors (Lipinski definition) is 0. The summed E-state index contributed by atoms with van der Waals surface area (Å²) in [4.78, 5) is 0. The number of halogens is 1. The molecule has 1 aliphatic rings. The summed E-state index contributed by atoms with van der Waals surface area (Å²) in [6.07, 6.45) is 5.67. The molecule has 48 valence electrons. The zero-order chi connectivity index (χ0) is 5.82. The highest BCUT2D eigenvalue weighted by Crippen LogP contribution is 2.27. The lowest BCUT2D eigenvalue weighted by molar-refractivity contribution is 0.544. The van der Waals surface area contributed by atoms with E-state index in [0.29, 0.717) is 0 Å². The van der Waals surface area contributed by atoms with Crippen LogP contribution in [0.25, 0.3) is 0 Å². The summed E-state index contributed by atoms with van der Waals surface area (Å²) in [7, 11) is 1.23. The van der Waals surface area contributed by atoms with Crippen molar-refractivity contribution in [3.05, 3.63) is 0 Å². The second kappa shape index (κ2) is 3.69. The molecule has 0 aromatic carbocycles. The summed E-state index contributed by atoms with van der Waals surface area (Å²) < 4.78 is 0. The molecular formula is C6H12ClP. The van der Waals surface area contributed by atoms with E-state index in [2.05, 4.69) is 0 Å². The van der Waals surface area contributed by atoms with Crippen molar-refractivity contribution in [1.29, 1.82) is 0 Å². The molecule has 8 heavy (non-hydrogen) atoms. The maximum absolute atomic E-state index is 5.68. The molecule has 0 aromatic rings. The highest BCUT2D eigenvalue weighted by Gasteiger charge is 2.10. The summed E-state index contributed by atoms with van der Waals surface area (Å²) in [5.74, 6) is 1.75. The van der Waals surface area contributed by atoms with Gasteiger partial charge in [0.15, 0.2) is 0 Å². The van der Waals surface area contributed by atoms with Gasteiger partial charge in [-0.2, -0.15) is 0 Å². The first-order valence-corrected chi connectivity index (χ1v) is 5.15. The second-order valence-corrected chi connectivity index (χ2v) is 4.16. The Labute approximate surface area is 57.8 Å². The fourth-order valence-corrected chi connectivity index (χ4v) is 2.82. The van der Waals surface area contributed by atoms with E-state index in [-0.39, 0.29) is 0 Å². The Morgan fingerprint density at radius 1 is 1.38 bits per heavy atom. The first kappa shape index (κ1) is 6.83. The molecule has 0 bridgehead atoms. The molecule has 0 N–H and O–H groups in total. The maximum Gasteiger partial charge on any atom is 0.0252 e. The van der Waals surface area contributed by atoms with Gasteiger partial charge in [0.1, 0.15) is 0 Å². The lowest BCUT2D eigenvalue weighted by Crippen LogP contribution is -2.08. The standard InChI is InChI=1S/C6H12ClP/c7-5-6-1-3-8-4-2-6/h6,8H,1-5H2. The summed E-state index contributed by atoms with van der Waals surface area (Å²) in [6.45, 7) is 0. The molecule has 1 rings (SSSR count). The molecule has 0 atom stereocenters. The fraction of sp³-hybridized carbons (Fsp3) is 1.00. The largest absolute Gasteiger partial charge is 0.126 e. The predicted octanol–water partition coefficient (Wildman–Crippen LogP) is 2.31. The van der Waals surface area contributed by atoms with Crippen LogP contribution in [0.15, 0.2) is 0 Å². The molecule has 1 fully saturated rings. The molecule has 0 aliphatic carbocycles. The van der Waals surface area contributed by atoms with Crippen molar-refractivity contribution in [3.8, 4) is 0 Å². The number of alkyl halides is 1. The first-order valence-electron chi connectivity index (χ1n) is 3.20. The molecule has 0 nitrogen and oxygen atoms in total. The van der Waals surface area contributed by atoms with Gasteiger partial charge in [0, 0.05) is 5.88 Å². The topological polar surface area (TPSA) is 0 Å². The normalized spacial score (nSPS) is 33.4. The van der Waals surface area contributed by atoms with E-state index in [1.165, 1.54) is 33.7 Å². The van der Waals surface area contributed by atoms with Crippen LogP contribution >= 0.6 is 20.2 Å². The highest BCUT2D eigenvalue weighted by atomic mass is 35.5. The quantitative estimate of drug-likeness (QED) is 0.398. The fourth-order valence-electron chi connectivity index (χ4n) is 1.04. The van der Waals surface area contributed by atoms with Gasteiger partial charge in [-0.1, -0.05) is 0 Å². The lowest BCUT2D eigenvalue weighted by Gasteiger charge is -2.18. The molecule has 0 radical (unpaired) electrons. The van der Waals surface area contributed by atoms with E-state index < -0.39 is 0 Å². The van der Waals surface area contributed by atoms with Crippen molar-refractivity contribution in [2.45, 2.75) is 12.8 Å². The molecule has 0 unspecified atom stereocenters. The molecule has 1 saturated heterocycles. The number of rotatable bonds is 1. The lowest BCUT2D eigenvalue weighted by atomic mass is 10.1. The van der Waals surface area contributed by atoms with E-state index in [4.69, 9.17) is 11.6 Å². The van der Waals surface area contributed by atoms with Crippen LogP contribution in [0.2, 0.25) is 0 Å². The van der Waals surface area contributed by atoms with Crippen LogP contribution in [0.3, 0.4) is 0 Å². The predicted molar refractivity (Wildman–Crippen MR) is 41.5 cm³/mol. The monoisotopic (exact) mass is 150 g/mol. The molecule has 0 amide bonds. The smallest absolute Gasteiger partial charge is 0.0252 e. The third-order valence-electron chi connectivity index (χ3n) is 1.68. The van der Waals surface area contributed by atoms with Gasteiger partial charge in [-0.3, -0.25) is 0 Å². The molecule has 1 aliphatic heterocycles. The molecule has 0 saturated carbocycles. The Morgan fingerprint density at radius 2 is 2.00 bits per heavy atom. The van der Waals surface area contributed by atoms with E-state index >= 15 is 0 Å². The molecule has 0 aromatic heterocycles. The Balaban J connectivity index is 2.13. The summed E-state index contributed by atoms with van der Waals surface area (Å²) in [5, 5.41) is 0. The van der Waals surface area contributed by atoms with Gasteiger partial charge >= 0.3 is 0 Å². The molecular weight excluding hydrogens is 138 g/mol. The van der Waals surface area contributed by atoms with Crippen LogP contribution in [0, 0.1) is 5.92 Å². The van der Waals surface area contributed by atoms with Crippen LogP contribution < -0.4 is 0 Å². The van der Waals surface area contributed by atoms with Crippen molar-refractivity contribution in [2.75, 3.05) is 18.2 Å². The summed E-state index contributed by atoms with van der Waals surface area (Å²) in [6, 6.07) is 0. The van der Waals surface area contributed by atoms with E-state index in [9.17, 15) is 0 Å². The summed E-state index contributed by atoms with van der Waals surface area (Å²) >= 11 is 5.68. The second-order valence-electron chi connectivity index (χ2n) is 2.35. The highest BCUT2D eigenvalue weighted by molar-refractivity contribution is 7.38. The first-order chi connectivity index (χ1) is 3.93. The van der Waals surface area contributed by atoms with Gasteiger partial charge in [-0.25, -0.2) is 0 Å². The Morgan fingerprint density at radius 3 is 2.38 bits per heavy atom. The zero-order valence-electron chi connectivity index (χ0n) is 4.99. The van der Waals surface area contributed by atoms with Crippen LogP contribution in [0.5, 0.6) is 0 Å². The molecule has 1 heterocycles. The van der Waals surface area contributed by atoms with Gasteiger partial charge in [-0.05, 0) is 31.1 Å². The van der Waals surface area contributed by atoms with Crippen molar-refractivity contribution in [3.63, 3.8) is 0 Å². The van der Waals surface area contributed by atoms with E-state index in [1.807, 2.05) is 0 Å². The van der Waals surface area contributed by atoms with Gasteiger partial charge < -0.3 is 0 Å². The third kappa shape index (κ3) is 1.91. The minimum absolute atomic E-state index is 0.859. The summed E-state index contributed by atoms with van der Waals surface area (Å²) in [5.41, 5.74) is 0. The Kier molecular flexibility index (Phi) is 3.15. The number of hydrogen-bond acceptors (Lipinski definition) is 0.